The molecule has 0 atom stereocenters. The minimum absolute atomic E-state index is 0.0274. The Morgan fingerprint density at radius 1 is 1.33 bits per heavy atom. The van der Waals surface area contributed by atoms with E-state index < -0.39 is 0 Å². The van der Waals surface area contributed by atoms with E-state index in [1.807, 2.05) is 25.1 Å². The number of aryl methyl sites for hydroxylation is 1. The molecule has 0 saturated carbocycles. The number of aromatic hydroxyl groups is 1. The fraction of sp³-hybridized carbons (Fsp3) is 0.250. The van der Waals surface area contributed by atoms with E-state index >= 15 is 0 Å². The first-order valence-electron chi connectivity index (χ1n) is 6.94. The van der Waals surface area contributed by atoms with E-state index in [2.05, 4.69) is 15.6 Å². The third kappa shape index (κ3) is 2.73. The van der Waals surface area contributed by atoms with Crippen molar-refractivity contribution in [2.24, 2.45) is 0 Å². The molecule has 2 aromatic rings. The van der Waals surface area contributed by atoms with Gasteiger partial charge < -0.3 is 15.7 Å². The number of carbonyl (C=O) groups excluding carboxylic acids is 1. The van der Waals surface area contributed by atoms with Gasteiger partial charge in [0, 0.05) is 17.8 Å². The average Bonchev–Trinajstić information content (AvgIpc) is 2.50. The van der Waals surface area contributed by atoms with Gasteiger partial charge in [0.15, 0.2) is 11.6 Å². The van der Waals surface area contributed by atoms with Gasteiger partial charge in [-0.2, -0.15) is 0 Å². The van der Waals surface area contributed by atoms with Crippen LogP contribution >= 0.6 is 0 Å². The quantitative estimate of drug-likeness (QED) is 0.788. The van der Waals surface area contributed by atoms with Gasteiger partial charge in [-0.25, -0.2) is 4.98 Å². The van der Waals surface area contributed by atoms with Gasteiger partial charge in [-0.1, -0.05) is 12.1 Å². The number of benzene rings is 1. The summed E-state index contributed by atoms with van der Waals surface area (Å²) in [6, 6.07) is 8.95. The zero-order chi connectivity index (χ0) is 14.8. The fourth-order valence-electron chi connectivity index (χ4n) is 2.56. The van der Waals surface area contributed by atoms with Crippen molar-refractivity contribution in [3.8, 4) is 5.75 Å². The van der Waals surface area contributed by atoms with Crippen LogP contribution in [-0.2, 0) is 13.0 Å². The van der Waals surface area contributed by atoms with Gasteiger partial charge in [0.05, 0.1) is 0 Å². The Labute approximate surface area is 123 Å². The molecule has 0 spiro atoms. The Balaban J connectivity index is 1.91. The van der Waals surface area contributed by atoms with Gasteiger partial charge in [-0.05, 0) is 49.2 Å². The molecule has 0 bridgehead atoms. The fourth-order valence-corrected chi connectivity index (χ4v) is 2.56. The molecule has 21 heavy (non-hydrogen) atoms. The van der Waals surface area contributed by atoms with Gasteiger partial charge in [0.1, 0.15) is 0 Å². The highest BCUT2D eigenvalue weighted by Crippen LogP contribution is 2.23. The lowest BCUT2D eigenvalue weighted by atomic mass is 9.95. The lowest BCUT2D eigenvalue weighted by Crippen LogP contribution is -2.26. The minimum atomic E-state index is -0.234. The maximum atomic E-state index is 12.5. The van der Waals surface area contributed by atoms with Crippen molar-refractivity contribution in [1.29, 1.82) is 0 Å². The lowest BCUT2D eigenvalue weighted by molar-refractivity contribution is 0.102. The number of fused-ring (bicyclic) bond motifs is 1. The predicted octanol–water partition coefficient (Wildman–Crippen LogP) is 1.99. The van der Waals surface area contributed by atoms with E-state index in [-0.39, 0.29) is 17.5 Å². The Hall–Kier alpha value is -2.40. The van der Waals surface area contributed by atoms with Crippen LogP contribution in [0.25, 0.3) is 0 Å². The van der Waals surface area contributed by atoms with Crippen LogP contribution in [0.3, 0.4) is 0 Å². The predicted molar refractivity (Wildman–Crippen MR) is 80.4 cm³/mol. The molecular formula is C16H17N3O2. The van der Waals surface area contributed by atoms with Gasteiger partial charge >= 0.3 is 0 Å². The minimum Gasteiger partial charge on any atom is -0.504 e. The van der Waals surface area contributed by atoms with Crippen molar-refractivity contribution in [2.45, 2.75) is 19.9 Å². The summed E-state index contributed by atoms with van der Waals surface area (Å²) in [7, 11) is 0. The van der Waals surface area contributed by atoms with Crippen LogP contribution in [0.2, 0.25) is 0 Å². The molecule has 1 aromatic carbocycles. The molecule has 0 unspecified atom stereocenters. The third-order valence-corrected chi connectivity index (χ3v) is 3.63. The maximum Gasteiger partial charge on any atom is 0.257 e. The summed E-state index contributed by atoms with van der Waals surface area (Å²) in [6.45, 7) is 3.46. The van der Waals surface area contributed by atoms with Gasteiger partial charge in [-0.3, -0.25) is 4.79 Å². The first-order valence-corrected chi connectivity index (χ1v) is 6.94. The largest absolute Gasteiger partial charge is 0.504 e. The van der Waals surface area contributed by atoms with E-state index in [0.29, 0.717) is 5.56 Å². The lowest BCUT2D eigenvalue weighted by Gasteiger charge is -2.20. The Bertz CT molecular complexity index is 698. The number of hydrogen-bond donors (Lipinski definition) is 3. The molecule has 0 radical (unpaired) electrons. The first kappa shape index (κ1) is 13.6. The second-order valence-electron chi connectivity index (χ2n) is 5.14. The van der Waals surface area contributed by atoms with Gasteiger partial charge in [0.2, 0.25) is 0 Å². The second kappa shape index (κ2) is 5.54. The number of amides is 1. The van der Waals surface area contributed by atoms with Gasteiger partial charge in [0.25, 0.3) is 5.91 Å². The number of nitrogens with zero attached hydrogens (tertiary/aromatic N) is 1. The average molecular weight is 283 g/mol. The third-order valence-electron chi connectivity index (χ3n) is 3.63. The van der Waals surface area contributed by atoms with E-state index in [0.717, 1.165) is 36.3 Å². The number of aromatic nitrogens is 1. The molecular weight excluding hydrogens is 266 g/mol. The number of rotatable bonds is 2. The molecule has 108 valence electrons. The van der Waals surface area contributed by atoms with Crippen LogP contribution in [0.1, 0.15) is 27.2 Å². The highest BCUT2D eigenvalue weighted by molar-refractivity contribution is 6.05. The molecule has 3 rings (SSSR count). The monoisotopic (exact) mass is 283 g/mol. The Morgan fingerprint density at radius 3 is 3.05 bits per heavy atom. The van der Waals surface area contributed by atoms with Crippen LogP contribution < -0.4 is 10.6 Å². The van der Waals surface area contributed by atoms with E-state index in [9.17, 15) is 9.90 Å². The second-order valence-corrected chi connectivity index (χ2v) is 5.14. The van der Waals surface area contributed by atoms with Crippen molar-refractivity contribution in [1.82, 2.24) is 10.3 Å². The number of pyridine rings is 1. The summed E-state index contributed by atoms with van der Waals surface area (Å²) in [5.41, 5.74) is 3.61. The number of anilines is 1. The topological polar surface area (TPSA) is 74.2 Å². The van der Waals surface area contributed by atoms with Crippen molar-refractivity contribution in [3.63, 3.8) is 0 Å². The SMILES string of the molecule is Cc1ccc(O)c(NC(=O)c2cccc3c2CCNC3)n1. The van der Waals surface area contributed by atoms with Crippen molar-refractivity contribution in [3.05, 3.63) is 52.7 Å². The smallest absolute Gasteiger partial charge is 0.257 e. The molecule has 0 aliphatic carbocycles. The molecule has 3 N–H and O–H groups in total. The molecule has 1 aliphatic heterocycles. The zero-order valence-electron chi connectivity index (χ0n) is 11.8. The summed E-state index contributed by atoms with van der Waals surface area (Å²) < 4.78 is 0. The molecule has 1 amide bonds. The van der Waals surface area contributed by atoms with E-state index in [1.54, 1.807) is 6.07 Å². The number of carbonyl (C=O) groups is 1. The highest BCUT2D eigenvalue weighted by Gasteiger charge is 2.18. The summed E-state index contributed by atoms with van der Waals surface area (Å²) in [4.78, 5) is 16.6. The first-order chi connectivity index (χ1) is 10.1. The molecule has 0 saturated heterocycles. The number of nitrogens with one attached hydrogen (secondary N) is 2. The molecule has 1 aromatic heterocycles. The van der Waals surface area contributed by atoms with Crippen LogP contribution in [0, 0.1) is 6.92 Å². The highest BCUT2D eigenvalue weighted by atomic mass is 16.3. The van der Waals surface area contributed by atoms with Crippen molar-refractivity contribution >= 4 is 11.7 Å². The number of hydrogen-bond acceptors (Lipinski definition) is 4. The van der Waals surface area contributed by atoms with Crippen molar-refractivity contribution < 1.29 is 9.90 Å². The summed E-state index contributed by atoms with van der Waals surface area (Å²) in [5, 5.41) is 15.8. The molecule has 1 aliphatic rings. The van der Waals surface area contributed by atoms with E-state index in [1.165, 1.54) is 6.07 Å². The van der Waals surface area contributed by atoms with Crippen molar-refractivity contribution in [2.75, 3.05) is 11.9 Å². The van der Waals surface area contributed by atoms with Gasteiger partial charge in [-0.15, -0.1) is 0 Å². The maximum absolute atomic E-state index is 12.5. The summed E-state index contributed by atoms with van der Waals surface area (Å²) in [5.74, 6) is -0.0610. The van der Waals surface area contributed by atoms with Crippen LogP contribution in [0.15, 0.2) is 30.3 Å². The summed E-state index contributed by atoms with van der Waals surface area (Å²) in [6.07, 6.45) is 0.826. The van der Waals surface area contributed by atoms with Crippen LogP contribution in [0.5, 0.6) is 5.75 Å². The Morgan fingerprint density at radius 2 is 2.19 bits per heavy atom. The zero-order valence-corrected chi connectivity index (χ0v) is 11.8. The van der Waals surface area contributed by atoms with Crippen LogP contribution in [-0.4, -0.2) is 22.5 Å². The molecule has 2 heterocycles. The van der Waals surface area contributed by atoms with Crippen LogP contribution in [0.4, 0.5) is 5.82 Å². The normalized spacial score (nSPS) is 13.6. The molecule has 0 fully saturated rings. The molecule has 5 heteroatoms. The summed E-state index contributed by atoms with van der Waals surface area (Å²) >= 11 is 0. The standard InChI is InChI=1S/C16H17N3O2/c1-10-5-6-14(20)15(18-10)19-16(21)13-4-2-3-11-9-17-8-7-12(11)13/h2-6,17,20H,7-9H2,1H3,(H,18,19,21). The van der Waals surface area contributed by atoms with E-state index in [4.69, 9.17) is 0 Å². The Kier molecular flexibility index (Phi) is 3.58. The molecule has 5 nitrogen and oxygen atoms in total.